The number of rotatable bonds is 5. The maximum absolute atomic E-state index is 12.5. The van der Waals surface area contributed by atoms with Crippen LogP contribution >= 0.6 is 11.3 Å². The summed E-state index contributed by atoms with van der Waals surface area (Å²) < 4.78 is 5.35. The van der Waals surface area contributed by atoms with Crippen molar-refractivity contribution in [3.63, 3.8) is 0 Å². The first-order valence-corrected chi connectivity index (χ1v) is 9.87. The van der Waals surface area contributed by atoms with Crippen LogP contribution in [0.5, 0.6) is 0 Å². The highest BCUT2D eigenvalue weighted by molar-refractivity contribution is 7.17. The quantitative estimate of drug-likeness (QED) is 0.768. The van der Waals surface area contributed by atoms with Gasteiger partial charge in [-0.05, 0) is 18.9 Å². The molecule has 2 heterocycles. The molecule has 0 bridgehead atoms. The topological polar surface area (TPSA) is 83.6 Å². The van der Waals surface area contributed by atoms with Gasteiger partial charge in [0.25, 0.3) is 5.91 Å². The van der Waals surface area contributed by atoms with Crippen molar-refractivity contribution in [2.24, 2.45) is 0 Å². The maximum Gasteiger partial charge on any atom is 0.281 e. The van der Waals surface area contributed by atoms with E-state index < -0.39 is 0 Å². The zero-order valence-electron chi connectivity index (χ0n) is 15.5. The molecule has 1 aliphatic heterocycles. The highest BCUT2D eigenvalue weighted by atomic mass is 32.1. The lowest BCUT2D eigenvalue weighted by atomic mass is 9.96. The Bertz CT molecular complexity index is 788. The lowest BCUT2D eigenvalue weighted by molar-refractivity contribution is -0.123. The molecule has 0 aliphatic carbocycles. The predicted molar refractivity (Wildman–Crippen MR) is 105 cm³/mol. The number of aromatic nitrogens is 1. The van der Waals surface area contributed by atoms with Crippen molar-refractivity contribution < 1.29 is 14.3 Å². The summed E-state index contributed by atoms with van der Waals surface area (Å²) in [6, 6.07) is 9.54. The van der Waals surface area contributed by atoms with Gasteiger partial charge < -0.3 is 9.64 Å². The van der Waals surface area contributed by atoms with E-state index in [-0.39, 0.29) is 17.7 Å². The Labute approximate surface area is 162 Å². The Morgan fingerprint density at radius 1 is 1.22 bits per heavy atom. The lowest BCUT2D eigenvalue weighted by Crippen LogP contribution is -2.43. The van der Waals surface area contributed by atoms with Crippen molar-refractivity contribution in [2.75, 3.05) is 31.2 Å². The summed E-state index contributed by atoms with van der Waals surface area (Å²) in [4.78, 5) is 32.1. The van der Waals surface area contributed by atoms with Crippen LogP contribution in [0.2, 0.25) is 0 Å². The highest BCUT2D eigenvalue weighted by Crippen LogP contribution is 2.26. The van der Waals surface area contributed by atoms with Crippen LogP contribution in [0.3, 0.4) is 0 Å². The van der Waals surface area contributed by atoms with E-state index in [2.05, 4.69) is 20.7 Å². The average molecular weight is 388 g/mol. The fraction of sp³-hybridized carbons (Fsp3) is 0.421. The molecule has 1 fully saturated rings. The molecule has 27 heavy (non-hydrogen) atoms. The lowest BCUT2D eigenvalue weighted by Gasteiger charge is -2.25. The molecule has 1 saturated heterocycles. The molecular formula is C19H24N4O3S. The first kappa shape index (κ1) is 19.3. The van der Waals surface area contributed by atoms with Crippen molar-refractivity contribution in [1.29, 1.82) is 0 Å². The molecule has 1 unspecified atom stereocenters. The Kier molecular flexibility index (Phi) is 6.41. The van der Waals surface area contributed by atoms with Gasteiger partial charge in [0.15, 0.2) is 5.13 Å². The molecule has 0 saturated carbocycles. The Morgan fingerprint density at radius 3 is 2.59 bits per heavy atom. The van der Waals surface area contributed by atoms with Gasteiger partial charge in [-0.3, -0.25) is 20.4 Å². The number of thiazole rings is 1. The number of nitrogens with zero attached hydrogens (tertiary/aromatic N) is 2. The Morgan fingerprint density at radius 2 is 1.93 bits per heavy atom. The van der Waals surface area contributed by atoms with E-state index >= 15 is 0 Å². The molecule has 144 valence electrons. The van der Waals surface area contributed by atoms with Crippen LogP contribution < -0.4 is 15.8 Å². The Hall–Kier alpha value is -2.45. The van der Waals surface area contributed by atoms with Crippen molar-refractivity contribution in [3.05, 3.63) is 46.5 Å². The van der Waals surface area contributed by atoms with Crippen molar-refractivity contribution in [1.82, 2.24) is 15.8 Å². The third-order valence-corrected chi connectivity index (χ3v) is 5.72. The number of aryl methyl sites for hydroxylation is 1. The molecule has 3 rings (SSSR count). The van der Waals surface area contributed by atoms with Crippen LogP contribution in [0.4, 0.5) is 5.13 Å². The number of amides is 2. The number of nitrogens with one attached hydrogen (secondary N) is 2. The first-order chi connectivity index (χ1) is 13.1. The van der Waals surface area contributed by atoms with Gasteiger partial charge in [-0.25, -0.2) is 4.98 Å². The summed E-state index contributed by atoms with van der Waals surface area (Å²) in [6.07, 6.45) is 0.645. The van der Waals surface area contributed by atoms with Gasteiger partial charge in [-0.15, -0.1) is 0 Å². The molecule has 1 aromatic heterocycles. The molecule has 0 radical (unpaired) electrons. The number of hydrazine groups is 1. The fourth-order valence-corrected chi connectivity index (χ4v) is 4.02. The van der Waals surface area contributed by atoms with E-state index in [0.717, 1.165) is 23.8 Å². The molecule has 0 spiro atoms. The molecular weight excluding hydrogens is 364 g/mol. The maximum atomic E-state index is 12.5. The summed E-state index contributed by atoms with van der Waals surface area (Å²) in [7, 11) is 0. The van der Waals surface area contributed by atoms with Crippen LogP contribution in [0.15, 0.2) is 30.3 Å². The van der Waals surface area contributed by atoms with E-state index in [4.69, 9.17) is 4.74 Å². The summed E-state index contributed by atoms with van der Waals surface area (Å²) in [6.45, 7) is 6.60. The van der Waals surface area contributed by atoms with Gasteiger partial charge in [0, 0.05) is 13.1 Å². The minimum atomic E-state index is -0.347. The predicted octanol–water partition coefficient (Wildman–Crippen LogP) is 2.24. The zero-order chi connectivity index (χ0) is 19.2. The summed E-state index contributed by atoms with van der Waals surface area (Å²) >= 11 is 1.33. The van der Waals surface area contributed by atoms with E-state index in [9.17, 15) is 9.59 Å². The van der Waals surface area contributed by atoms with Gasteiger partial charge >= 0.3 is 0 Å². The second-order valence-electron chi connectivity index (χ2n) is 6.33. The second kappa shape index (κ2) is 8.96. The number of hydrogen-bond acceptors (Lipinski definition) is 6. The molecule has 2 amide bonds. The zero-order valence-corrected chi connectivity index (χ0v) is 16.3. The summed E-state index contributed by atoms with van der Waals surface area (Å²) in [5, 5.41) is 0.808. The van der Waals surface area contributed by atoms with E-state index in [1.54, 1.807) is 6.92 Å². The third kappa shape index (κ3) is 4.64. The smallest absolute Gasteiger partial charge is 0.281 e. The number of carbonyl (C=O) groups is 2. The normalized spacial score (nSPS) is 15.3. The van der Waals surface area contributed by atoms with Crippen molar-refractivity contribution in [2.45, 2.75) is 26.2 Å². The molecule has 1 aromatic carbocycles. The second-order valence-corrected chi connectivity index (χ2v) is 7.30. The van der Waals surface area contributed by atoms with Crippen LogP contribution in [-0.2, 0) is 9.53 Å². The molecule has 7 nitrogen and oxygen atoms in total. The molecule has 1 atom stereocenters. The summed E-state index contributed by atoms with van der Waals surface area (Å²) in [5.41, 5.74) is 6.66. The minimum Gasteiger partial charge on any atom is -0.378 e. The van der Waals surface area contributed by atoms with Crippen LogP contribution in [0.1, 0.15) is 40.2 Å². The number of benzene rings is 1. The van der Waals surface area contributed by atoms with Crippen molar-refractivity contribution >= 4 is 28.3 Å². The van der Waals surface area contributed by atoms with Gasteiger partial charge in [-0.1, -0.05) is 48.6 Å². The van der Waals surface area contributed by atoms with Gasteiger partial charge in [0.2, 0.25) is 5.91 Å². The third-order valence-electron chi connectivity index (χ3n) is 4.50. The fourth-order valence-electron chi connectivity index (χ4n) is 3.00. The van der Waals surface area contributed by atoms with Crippen molar-refractivity contribution in [3.8, 4) is 0 Å². The number of carbonyl (C=O) groups excluding carboxylic acids is 2. The first-order valence-electron chi connectivity index (χ1n) is 9.05. The SMILES string of the molecule is CCC(C(=O)NNC(=O)c1sc(N2CCOCC2)nc1C)c1ccccc1. The Balaban J connectivity index is 1.62. The minimum absolute atomic E-state index is 0.229. The van der Waals surface area contributed by atoms with Gasteiger partial charge in [0.05, 0.1) is 24.8 Å². The standard InChI is InChI=1S/C19H24N4O3S/c1-3-15(14-7-5-4-6-8-14)17(24)21-22-18(25)16-13(2)20-19(27-16)23-9-11-26-12-10-23/h4-8,15H,3,9-12H2,1-2H3,(H,21,24)(H,22,25). The van der Waals surface area contributed by atoms with Crippen LogP contribution in [-0.4, -0.2) is 43.1 Å². The number of hydrogen-bond donors (Lipinski definition) is 2. The average Bonchev–Trinajstić information content (AvgIpc) is 3.10. The van der Waals surface area contributed by atoms with E-state index in [1.807, 2.05) is 37.3 Å². The largest absolute Gasteiger partial charge is 0.378 e. The summed E-state index contributed by atoms with van der Waals surface area (Å²) in [5.74, 6) is -0.883. The number of anilines is 1. The van der Waals surface area contributed by atoms with E-state index in [1.165, 1.54) is 11.3 Å². The molecule has 1 aliphatic rings. The number of ether oxygens (including phenoxy) is 1. The monoisotopic (exact) mass is 388 g/mol. The molecule has 2 N–H and O–H groups in total. The molecule has 2 aromatic rings. The molecule has 8 heteroatoms. The number of morpholine rings is 1. The van der Waals surface area contributed by atoms with Crippen LogP contribution in [0, 0.1) is 6.92 Å². The van der Waals surface area contributed by atoms with E-state index in [0.29, 0.717) is 30.2 Å². The van der Waals surface area contributed by atoms with Gasteiger partial charge in [0.1, 0.15) is 4.88 Å². The van der Waals surface area contributed by atoms with Crippen LogP contribution in [0.25, 0.3) is 0 Å². The highest BCUT2D eigenvalue weighted by Gasteiger charge is 2.22. The van der Waals surface area contributed by atoms with Gasteiger partial charge in [-0.2, -0.15) is 0 Å².